The zero-order chi connectivity index (χ0) is 18.7. The first kappa shape index (κ1) is 18.0. The van der Waals surface area contributed by atoms with E-state index in [1.165, 1.54) is 12.1 Å². The zero-order valence-corrected chi connectivity index (χ0v) is 15.0. The van der Waals surface area contributed by atoms with E-state index in [4.69, 9.17) is 4.84 Å². The molecule has 2 aromatic carbocycles. The van der Waals surface area contributed by atoms with Gasteiger partial charge in [0.2, 0.25) is 0 Å². The van der Waals surface area contributed by atoms with Crippen LogP contribution in [0.2, 0.25) is 0 Å². The average Bonchev–Trinajstić information content (AvgIpc) is 3.11. The van der Waals surface area contributed by atoms with Crippen molar-refractivity contribution in [2.45, 2.75) is 26.4 Å². The Balaban J connectivity index is 1.81. The molecule has 1 atom stereocenters. The number of aryl methyl sites for hydroxylation is 1. The first-order chi connectivity index (χ1) is 12.5. The molecule has 0 aromatic heterocycles. The van der Waals surface area contributed by atoms with Gasteiger partial charge in [0, 0.05) is 37.2 Å². The highest BCUT2D eigenvalue weighted by Gasteiger charge is 2.27. The molecule has 3 rings (SSSR count). The van der Waals surface area contributed by atoms with Gasteiger partial charge in [0.1, 0.15) is 11.6 Å². The lowest BCUT2D eigenvalue weighted by atomic mass is 9.98. The Hall–Kier alpha value is -2.76. The Labute approximate surface area is 151 Å². The summed E-state index contributed by atoms with van der Waals surface area (Å²) in [5.41, 5.74) is 2.66. The van der Waals surface area contributed by atoms with Crippen LogP contribution in [-0.2, 0) is 4.84 Å². The molecule has 0 spiro atoms. The summed E-state index contributed by atoms with van der Waals surface area (Å²) in [5, 5.41) is 3.99. The molecule has 4 nitrogen and oxygen atoms in total. The standard InChI is InChI=1S/C20H21F2N3O/c1-4-25(3)12-23-18-10-17(22)15(9-13(18)2)19-11-20(26-24-19)14-7-5-6-8-16(14)21/h5-10,12,20H,4,11H2,1-3H3/b23-12+. The minimum Gasteiger partial charge on any atom is -0.387 e. The number of aliphatic imine (C=N–C) groups is 1. The first-order valence-corrected chi connectivity index (χ1v) is 8.51. The number of oxime groups is 1. The topological polar surface area (TPSA) is 37.2 Å². The zero-order valence-electron chi connectivity index (χ0n) is 15.0. The van der Waals surface area contributed by atoms with E-state index >= 15 is 0 Å². The van der Waals surface area contributed by atoms with E-state index in [9.17, 15) is 8.78 Å². The third kappa shape index (κ3) is 3.74. The number of benzene rings is 2. The van der Waals surface area contributed by atoms with Crippen LogP contribution in [0.1, 0.15) is 36.1 Å². The van der Waals surface area contributed by atoms with Crippen LogP contribution < -0.4 is 0 Å². The van der Waals surface area contributed by atoms with E-state index in [1.54, 1.807) is 30.6 Å². The van der Waals surface area contributed by atoms with Gasteiger partial charge in [-0.25, -0.2) is 13.8 Å². The Kier molecular flexibility index (Phi) is 5.30. The highest BCUT2D eigenvalue weighted by atomic mass is 19.1. The number of rotatable bonds is 5. The van der Waals surface area contributed by atoms with Crippen molar-refractivity contribution in [1.29, 1.82) is 0 Å². The van der Waals surface area contributed by atoms with Gasteiger partial charge in [0.15, 0.2) is 6.10 Å². The van der Waals surface area contributed by atoms with Gasteiger partial charge in [-0.3, -0.25) is 0 Å². The fourth-order valence-electron chi connectivity index (χ4n) is 2.71. The summed E-state index contributed by atoms with van der Waals surface area (Å²) in [6, 6.07) is 9.49. The number of hydrogen-bond acceptors (Lipinski definition) is 3. The Bertz CT molecular complexity index is 864. The molecule has 2 aromatic rings. The smallest absolute Gasteiger partial charge is 0.161 e. The van der Waals surface area contributed by atoms with Crippen molar-refractivity contribution < 1.29 is 13.6 Å². The predicted octanol–water partition coefficient (Wildman–Crippen LogP) is 4.75. The maximum absolute atomic E-state index is 14.6. The molecule has 0 aliphatic carbocycles. The SMILES string of the molecule is CCN(C)/C=N/c1cc(F)c(C2=NOC(c3ccccc3F)C2)cc1C. The highest BCUT2D eigenvalue weighted by molar-refractivity contribution is 6.02. The summed E-state index contributed by atoms with van der Waals surface area (Å²) < 4.78 is 28.5. The summed E-state index contributed by atoms with van der Waals surface area (Å²) in [6.07, 6.45) is 1.45. The molecule has 0 fully saturated rings. The Morgan fingerprint density at radius 2 is 2.04 bits per heavy atom. The lowest BCUT2D eigenvalue weighted by molar-refractivity contribution is 0.0830. The lowest BCUT2D eigenvalue weighted by Gasteiger charge is -2.11. The van der Waals surface area contributed by atoms with E-state index < -0.39 is 11.9 Å². The quantitative estimate of drug-likeness (QED) is 0.572. The maximum Gasteiger partial charge on any atom is 0.161 e. The van der Waals surface area contributed by atoms with Gasteiger partial charge < -0.3 is 9.74 Å². The maximum atomic E-state index is 14.6. The predicted molar refractivity (Wildman–Crippen MR) is 99.0 cm³/mol. The molecule has 0 N–H and O–H groups in total. The van der Waals surface area contributed by atoms with Gasteiger partial charge in [-0.2, -0.15) is 0 Å². The fraction of sp³-hybridized carbons (Fsp3) is 0.300. The summed E-state index contributed by atoms with van der Waals surface area (Å²) >= 11 is 0. The third-order valence-corrected chi connectivity index (χ3v) is 4.41. The van der Waals surface area contributed by atoms with Gasteiger partial charge in [-0.05, 0) is 31.5 Å². The number of hydrogen-bond donors (Lipinski definition) is 0. The third-order valence-electron chi connectivity index (χ3n) is 4.41. The van der Waals surface area contributed by atoms with Crippen LogP contribution in [-0.4, -0.2) is 30.5 Å². The minimum atomic E-state index is -0.540. The van der Waals surface area contributed by atoms with Gasteiger partial charge in [-0.1, -0.05) is 23.4 Å². The average molecular weight is 357 g/mol. The van der Waals surface area contributed by atoms with Gasteiger partial charge >= 0.3 is 0 Å². The molecule has 0 saturated carbocycles. The minimum absolute atomic E-state index is 0.318. The molecular formula is C20H21F2N3O. The van der Waals surface area contributed by atoms with Gasteiger partial charge in [0.05, 0.1) is 17.7 Å². The van der Waals surface area contributed by atoms with Crippen LogP contribution in [0.25, 0.3) is 0 Å². The highest BCUT2D eigenvalue weighted by Crippen LogP contribution is 2.33. The fourth-order valence-corrected chi connectivity index (χ4v) is 2.71. The van der Waals surface area contributed by atoms with Crippen molar-refractivity contribution in [3.05, 3.63) is 64.7 Å². The summed E-state index contributed by atoms with van der Waals surface area (Å²) in [7, 11) is 1.90. The van der Waals surface area contributed by atoms with E-state index in [-0.39, 0.29) is 5.82 Å². The van der Waals surface area contributed by atoms with Crippen LogP contribution >= 0.6 is 0 Å². The second-order valence-electron chi connectivity index (χ2n) is 6.29. The van der Waals surface area contributed by atoms with Crippen molar-refractivity contribution >= 4 is 17.7 Å². The van der Waals surface area contributed by atoms with Crippen molar-refractivity contribution in [2.24, 2.45) is 10.1 Å². The molecule has 1 heterocycles. The Morgan fingerprint density at radius 1 is 1.27 bits per heavy atom. The molecule has 1 aliphatic heterocycles. The summed E-state index contributed by atoms with van der Waals surface area (Å²) in [5.74, 6) is -0.770. The molecule has 0 bridgehead atoms. The van der Waals surface area contributed by atoms with Gasteiger partial charge in [0.25, 0.3) is 0 Å². The normalized spacial score (nSPS) is 16.7. The van der Waals surface area contributed by atoms with Crippen molar-refractivity contribution in [3.8, 4) is 0 Å². The summed E-state index contributed by atoms with van der Waals surface area (Å²) in [4.78, 5) is 11.6. The van der Waals surface area contributed by atoms with E-state index in [2.05, 4.69) is 10.1 Å². The van der Waals surface area contributed by atoms with Crippen LogP contribution in [0.3, 0.4) is 0 Å². The molecule has 136 valence electrons. The monoisotopic (exact) mass is 357 g/mol. The second-order valence-corrected chi connectivity index (χ2v) is 6.29. The van der Waals surface area contributed by atoms with Crippen LogP contribution in [0.4, 0.5) is 14.5 Å². The van der Waals surface area contributed by atoms with E-state index in [0.29, 0.717) is 28.9 Å². The lowest BCUT2D eigenvalue weighted by Crippen LogP contribution is -2.14. The van der Waals surface area contributed by atoms with Gasteiger partial charge in [-0.15, -0.1) is 0 Å². The molecule has 1 unspecified atom stereocenters. The number of nitrogens with zero attached hydrogens (tertiary/aromatic N) is 3. The molecule has 1 aliphatic rings. The van der Waals surface area contributed by atoms with E-state index in [1.807, 2.05) is 25.8 Å². The second kappa shape index (κ2) is 7.64. The first-order valence-electron chi connectivity index (χ1n) is 8.51. The van der Waals surface area contributed by atoms with Crippen LogP contribution in [0.15, 0.2) is 46.5 Å². The van der Waals surface area contributed by atoms with Crippen molar-refractivity contribution in [1.82, 2.24) is 4.90 Å². The molecule has 0 saturated heterocycles. The summed E-state index contributed by atoms with van der Waals surface area (Å²) in [6.45, 7) is 4.69. The molecule has 0 amide bonds. The van der Waals surface area contributed by atoms with Crippen LogP contribution in [0, 0.1) is 18.6 Å². The largest absolute Gasteiger partial charge is 0.387 e. The number of halogens is 2. The Morgan fingerprint density at radius 3 is 2.77 bits per heavy atom. The molecule has 6 heteroatoms. The molecule has 26 heavy (non-hydrogen) atoms. The molecule has 0 radical (unpaired) electrons. The molecular weight excluding hydrogens is 336 g/mol. The van der Waals surface area contributed by atoms with Crippen LogP contribution in [0.5, 0.6) is 0 Å². The van der Waals surface area contributed by atoms with Crippen molar-refractivity contribution in [2.75, 3.05) is 13.6 Å². The van der Waals surface area contributed by atoms with E-state index in [0.717, 1.165) is 12.1 Å². The van der Waals surface area contributed by atoms with Crippen molar-refractivity contribution in [3.63, 3.8) is 0 Å².